The van der Waals surface area contributed by atoms with E-state index in [-0.39, 0.29) is 6.04 Å². The number of benzene rings is 2. The Labute approximate surface area is 116 Å². The summed E-state index contributed by atoms with van der Waals surface area (Å²) in [6, 6.07) is 16.0. The van der Waals surface area contributed by atoms with E-state index in [1.165, 1.54) is 10.1 Å². The monoisotopic (exact) mass is 269 g/mol. The van der Waals surface area contributed by atoms with Gasteiger partial charge in [0.2, 0.25) is 0 Å². The highest BCUT2D eigenvalue weighted by atomic mass is 32.1. The molecule has 0 aliphatic heterocycles. The van der Waals surface area contributed by atoms with Gasteiger partial charge in [-0.05, 0) is 48.0 Å². The molecular weight excluding hydrogens is 254 g/mol. The van der Waals surface area contributed by atoms with E-state index in [9.17, 15) is 5.11 Å². The molecule has 0 saturated heterocycles. The number of phenolic OH excluding ortho intramolecular Hbond substituents is 1. The Morgan fingerprint density at radius 1 is 1.11 bits per heavy atom. The second-order valence-corrected chi connectivity index (χ2v) is 5.55. The molecule has 0 radical (unpaired) electrons. The van der Waals surface area contributed by atoms with Gasteiger partial charge in [-0.25, -0.2) is 0 Å². The normalized spacial score (nSPS) is 12.5. The first-order valence-corrected chi connectivity index (χ1v) is 7.14. The van der Waals surface area contributed by atoms with E-state index >= 15 is 0 Å². The van der Waals surface area contributed by atoms with Crippen LogP contribution >= 0.6 is 11.3 Å². The van der Waals surface area contributed by atoms with E-state index in [1.54, 1.807) is 17.4 Å². The lowest BCUT2D eigenvalue weighted by molar-refractivity contribution is 0.465. The summed E-state index contributed by atoms with van der Waals surface area (Å²) in [5.74, 6) is 0.333. The Bertz CT molecular complexity index is 705. The van der Waals surface area contributed by atoms with Gasteiger partial charge in [-0.1, -0.05) is 18.2 Å². The molecule has 96 valence electrons. The molecule has 3 aromatic rings. The van der Waals surface area contributed by atoms with Crippen LogP contribution in [0.4, 0.5) is 5.69 Å². The van der Waals surface area contributed by atoms with E-state index in [0.717, 1.165) is 11.3 Å². The lowest BCUT2D eigenvalue weighted by atomic mass is 10.1. The highest BCUT2D eigenvalue weighted by Gasteiger charge is 2.09. The SMILES string of the molecule is CC(Nc1ccc2sccc2c1)c1ccccc1O. The van der Waals surface area contributed by atoms with Crippen molar-refractivity contribution < 1.29 is 5.11 Å². The number of rotatable bonds is 3. The number of hydrogen-bond donors (Lipinski definition) is 2. The van der Waals surface area contributed by atoms with Crippen molar-refractivity contribution in [2.45, 2.75) is 13.0 Å². The molecule has 19 heavy (non-hydrogen) atoms. The van der Waals surface area contributed by atoms with Crippen LogP contribution in [0.3, 0.4) is 0 Å². The Hall–Kier alpha value is -2.00. The second kappa shape index (κ2) is 4.94. The van der Waals surface area contributed by atoms with Crippen molar-refractivity contribution in [1.29, 1.82) is 0 Å². The molecule has 1 aromatic heterocycles. The second-order valence-electron chi connectivity index (χ2n) is 4.60. The van der Waals surface area contributed by atoms with Gasteiger partial charge in [0.25, 0.3) is 0 Å². The fourth-order valence-electron chi connectivity index (χ4n) is 2.24. The summed E-state index contributed by atoms with van der Waals surface area (Å²) in [7, 11) is 0. The van der Waals surface area contributed by atoms with Crippen LogP contribution in [0.25, 0.3) is 10.1 Å². The molecule has 2 N–H and O–H groups in total. The van der Waals surface area contributed by atoms with E-state index in [1.807, 2.05) is 25.1 Å². The van der Waals surface area contributed by atoms with Crippen LogP contribution in [-0.2, 0) is 0 Å². The van der Waals surface area contributed by atoms with Gasteiger partial charge in [0.1, 0.15) is 5.75 Å². The van der Waals surface area contributed by atoms with Crippen LogP contribution in [0, 0.1) is 0 Å². The van der Waals surface area contributed by atoms with Gasteiger partial charge in [0, 0.05) is 16.0 Å². The zero-order valence-corrected chi connectivity index (χ0v) is 11.4. The van der Waals surface area contributed by atoms with Crippen molar-refractivity contribution >= 4 is 27.1 Å². The molecule has 3 heteroatoms. The molecule has 2 nitrogen and oxygen atoms in total. The largest absolute Gasteiger partial charge is 0.508 e. The van der Waals surface area contributed by atoms with Crippen LogP contribution in [0.1, 0.15) is 18.5 Å². The molecule has 1 unspecified atom stereocenters. The van der Waals surface area contributed by atoms with E-state index in [4.69, 9.17) is 0 Å². The van der Waals surface area contributed by atoms with Crippen molar-refractivity contribution in [2.24, 2.45) is 0 Å². The zero-order chi connectivity index (χ0) is 13.2. The molecule has 0 fully saturated rings. The fourth-order valence-corrected chi connectivity index (χ4v) is 3.01. The third-order valence-electron chi connectivity index (χ3n) is 3.24. The highest BCUT2D eigenvalue weighted by molar-refractivity contribution is 7.17. The Balaban J connectivity index is 1.86. The Morgan fingerprint density at radius 3 is 2.79 bits per heavy atom. The first-order valence-electron chi connectivity index (χ1n) is 6.26. The van der Waals surface area contributed by atoms with Crippen LogP contribution in [-0.4, -0.2) is 5.11 Å². The summed E-state index contributed by atoms with van der Waals surface area (Å²) in [6.07, 6.45) is 0. The molecule has 0 amide bonds. The first-order chi connectivity index (χ1) is 9.24. The fraction of sp³-hybridized carbons (Fsp3) is 0.125. The third kappa shape index (κ3) is 2.42. The molecule has 1 heterocycles. The van der Waals surface area contributed by atoms with Gasteiger partial charge >= 0.3 is 0 Å². The first kappa shape index (κ1) is 12.1. The van der Waals surface area contributed by atoms with Crippen molar-refractivity contribution in [1.82, 2.24) is 0 Å². The summed E-state index contributed by atoms with van der Waals surface area (Å²) in [5.41, 5.74) is 1.98. The van der Waals surface area contributed by atoms with Gasteiger partial charge in [-0.3, -0.25) is 0 Å². The van der Waals surface area contributed by atoms with Crippen molar-refractivity contribution in [2.75, 3.05) is 5.32 Å². The number of para-hydroxylation sites is 1. The molecule has 0 saturated carbocycles. The van der Waals surface area contributed by atoms with Gasteiger partial charge in [-0.2, -0.15) is 0 Å². The average molecular weight is 269 g/mol. The van der Waals surface area contributed by atoms with Gasteiger partial charge in [-0.15, -0.1) is 11.3 Å². The van der Waals surface area contributed by atoms with E-state index < -0.39 is 0 Å². The highest BCUT2D eigenvalue weighted by Crippen LogP contribution is 2.29. The number of aromatic hydroxyl groups is 1. The minimum Gasteiger partial charge on any atom is -0.508 e. The van der Waals surface area contributed by atoms with Crippen molar-refractivity contribution in [3.05, 3.63) is 59.5 Å². The number of fused-ring (bicyclic) bond motifs is 1. The standard InChI is InChI=1S/C16H15NOS/c1-11(14-4-2-3-5-15(14)18)17-13-6-7-16-12(10-13)8-9-19-16/h2-11,17-18H,1H3. The predicted octanol–water partition coefficient (Wildman–Crippen LogP) is 4.78. The quantitative estimate of drug-likeness (QED) is 0.717. The molecule has 0 aliphatic rings. The van der Waals surface area contributed by atoms with Crippen LogP contribution in [0.2, 0.25) is 0 Å². The minimum absolute atomic E-state index is 0.0669. The van der Waals surface area contributed by atoms with Gasteiger partial charge < -0.3 is 10.4 Å². The van der Waals surface area contributed by atoms with Crippen molar-refractivity contribution in [3.63, 3.8) is 0 Å². The Morgan fingerprint density at radius 2 is 1.95 bits per heavy atom. The average Bonchev–Trinajstić information content (AvgIpc) is 2.86. The maximum atomic E-state index is 9.86. The third-order valence-corrected chi connectivity index (χ3v) is 4.14. The maximum Gasteiger partial charge on any atom is 0.120 e. The smallest absolute Gasteiger partial charge is 0.120 e. The topological polar surface area (TPSA) is 32.3 Å². The van der Waals surface area contributed by atoms with Gasteiger partial charge in [0.15, 0.2) is 0 Å². The lowest BCUT2D eigenvalue weighted by Crippen LogP contribution is -2.06. The van der Waals surface area contributed by atoms with E-state index in [0.29, 0.717) is 5.75 Å². The molecular formula is C16H15NOS. The number of nitrogens with one attached hydrogen (secondary N) is 1. The predicted molar refractivity (Wildman–Crippen MR) is 82.0 cm³/mol. The molecule has 0 spiro atoms. The molecule has 1 atom stereocenters. The maximum absolute atomic E-state index is 9.86. The molecule has 0 bridgehead atoms. The summed E-state index contributed by atoms with van der Waals surface area (Å²) in [4.78, 5) is 0. The summed E-state index contributed by atoms with van der Waals surface area (Å²) in [5, 5.41) is 16.6. The molecule has 2 aromatic carbocycles. The van der Waals surface area contributed by atoms with Crippen molar-refractivity contribution in [3.8, 4) is 5.75 Å². The molecule has 3 rings (SSSR count). The molecule has 0 aliphatic carbocycles. The van der Waals surface area contributed by atoms with Crippen LogP contribution in [0.15, 0.2) is 53.9 Å². The number of anilines is 1. The van der Waals surface area contributed by atoms with Gasteiger partial charge in [0.05, 0.1) is 6.04 Å². The minimum atomic E-state index is 0.0669. The van der Waals surface area contributed by atoms with Crippen LogP contribution < -0.4 is 5.32 Å². The summed E-state index contributed by atoms with van der Waals surface area (Å²) in [6.45, 7) is 2.05. The number of phenols is 1. The summed E-state index contributed by atoms with van der Waals surface area (Å²) < 4.78 is 1.29. The Kier molecular flexibility index (Phi) is 3.13. The van der Waals surface area contributed by atoms with Crippen LogP contribution in [0.5, 0.6) is 5.75 Å². The number of thiophene rings is 1. The summed E-state index contributed by atoms with van der Waals surface area (Å²) >= 11 is 1.75. The zero-order valence-electron chi connectivity index (χ0n) is 10.6. The lowest BCUT2D eigenvalue weighted by Gasteiger charge is -2.16. The number of hydrogen-bond acceptors (Lipinski definition) is 3. The van der Waals surface area contributed by atoms with E-state index in [2.05, 4.69) is 35.0 Å².